The molecule has 1 saturated heterocycles. The zero-order chi connectivity index (χ0) is 33.8. The molecule has 2 aromatic carbocycles. The largest absolute Gasteiger partial charge is 0.480 e. The van der Waals surface area contributed by atoms with Crippen molar-refractivity contribution < 1.29 is 38.5 Å². The number of ether oxygens (including phenoxy) is 3. The summed E-state index contributed by atoms with van der Waals surface area (Å²) >= 11 is 0. The molecule has 1 aliphatic carbocycles. The lowest BCUT2D eigenvalue weighted by Crippen LogP contribution is -2.45. The van der Waals surface area contributed by atoms with Crippen molar-refractivity contribution in [2.75, 3.05) is 53.0 Å². The monoisotopic (exact) mass is 648 g/mol. The Labute approximate surface area is 275 Å². The molecular weight excluding hydrogens is 604 g/mol. The number of nitrogens with one attached hydrogen (secondary N) is 2. The van der Waals surface area contributed by atoms with Gasteiger partial charge in [-0.3, -0.25) is 0 Å². The minimum atomic E-state index is -1.13. The van der Waals surface area contributed by atoms with Crippen LogP contribution in [0.5, 0.6) is 0 Å². The SMILES string of the molecule is C=CCOC(=O)N[C@H](CCN(C)[C@@H]1CCN(CCC(NC(=O)OCC2c3ccccc3-c3ccccc32)C(=O)O)C1)C(=O)OCC=C. The van der Waals surface area contributed by atoms with Gasteiger partial charge in [0, 0.05) is 31.6 Å². The summed E-state index contributed by atoms with van der Waals surface area (Å²) in [6, 6.07) is 14.2. The Kier molecular flexibility index (Phi) is 12.9. The molecule has 47 heavy (non-hydrogen) atoms. The van der Waals surface area contributed by atoms with E-state index in [4.69, 9.17) is 14.2 Å². The highest BCUT2D eigenvalue weighted by Gasteiger charge is 2.31. The second-order valence-corrected chi connectivity index (χ2v) is 11.7. The summed E-state index contributed by atoms with van der Waals surface area (Å²) < 4.78 is 15.7. The summed E-state index contributed by atoms with van der Waals surface area (Å²) in [5.41, 5.74) is 4.38. The van der Waals surface area contributed by atoms with Crippen LogP contribution in [0.15, 0.2) is 73.8 Å². The molecule has 1 aliphatic heterocycles. The number of alkyl carbamates (subject to hydrolysis) is 2. The summed E-state index contributed by atoms with van der Waals surface area (Å²) in [7, 11) is 1.94. The number of carboxylic acid groups (broad SMARTS) is 1. The van der Waals surface area contributed by atoms with Crippen LogP contribution in [0.25, 0.3) is 11.1 Å². The van der Waals surface area contributed by atoms with Crippen molar-refractivity contribution in [2.24, 2.45) is 0 Å². The first-order valence-electron chi connectivity index (χ1n) is 15.8. The van der Waals surface area contributed by atoms with Gasteiger partial charge in [0.25, 0.3) is 0 Å². The highest BCUT2D eigenvalue weighted by Crippen LogP contribution is 2.44. The molecule has 1 heterocycles. The number of aliphatic carboxylic acids is 1. The molecule has 12 heteroatoms. The number of esters is 1. The van der Waals surface area contributed by atoms with E-state index in [0.29, 0.717) is 26.1 Å². The van der Waals surface area contributed by atoms with Gasteiger partial charge in [0.2, 0.25) is 0 Å². The fourth-order valence-corrected chi connectivity index (χ4v) is 6.05. The van der Waals surface area contributed by atoms with E-state index in [2.05, 4.69) is 45.7 Å². The first-order valence-corrected chi connectivity index (χ1v) is 15.8. The van der Waals surface area contributed by atoms with Crippen LogP contribution in [0.4, 0.5) is 9.59 Å². The first-order chi connectivity index (χ1) is 22.7. The zero-order valence-corrected chi connectivity index (χ0v) is 26.8. The van der Waals surface area contributed by atoms with Gasteiger partial charge in [-0.2, -0.15) is 0 Å². The van der Waals surface area contributed by atoms with Crippen LogP contribution in [0.1, 0.15) is 36.3 Å². The summed E-state index contributed by atoms with van der Waals surface area (Å²) in [4.78, 5) is 53.6. The fourth-order valence-electron chi connectivity index (χ4n) is 6.05. The second kappa shape index (κ2) is 17.3. The van der Waals surface area contributed by atoms with E-state index < -0.39 is 36.2 Å². The average molecular weight is 649 g/mol. The van der Waals surface area contributed by atoms with E-state index in [0.717, 1.165) is 35.2 Å². The third-order valence-corrected chi connectivity index (χ3v) is 8.56. The maximum Gasteiger partial charge on any atom is 0.408 e. The standard InChI is InChI=1S/C35H44N4O8/c1-4-20-45-33(42)31(37-34(43)46-21-5-2)15-17-38(3)24-14-18-39(22-24)19-16-30(32(40)41)36-35(44)47-23-29-27-12-8-6-10-25(27)26-11-7-9-13-28(26)29/h4-13,24,29-31H,1-2,14-23H2,3H3,(H,36,44)(H,37,43)(H,40,41)/t24-,30?,31-/m1/s1. The Hall–Kier alpha value is -4.68. The van der Waals surface area contributed by atoms with Gasteiger partial charge in [-0.25, -0.2) is 19.2 Å². The lowest BCUT2D eigenvalue weighted by Gasteiger charge is -2.27. The molecule has 0 radical (unpaired) electrons. The third-order valence-electron chi connectivity index (χ3n) is 8.56. The van der Waals surface area contributed by atoms with Gasteiger partial charge in [0.05, 0.1) is 0 Å². The molecule has 0 saturated carbocycles. The normalized spacial score (nSPS) is 16.8. The molecule has 4 rings (SSSR count). The predicted octanol–water partition coefficient (Wildman–Crippen LogP) is 3.77. The fraction of sp³-hybridized carbons (Fsp3) is 0.429. The number of nitrogens with zero attached hydrogens (tertiary/aromatic N) is 2. The summed E-state index contributed by atoms with van der Waals surface area (Å²) in [5, 5.41) is 14.9. The Morgan fingerprint density at radius 1 is 0.915 bits per heavy atom. The average Bonchev–Trinajstić information content (AvgIpc) is 3.68. The molecule has 0 spiro atoms. The number of carbonyl (C=O) groups excluding carboxylic acids is 3. The first kappa shape index (κ1) is 35.2. The van der Waals surface area contributed by atoms with Gasteiger partial charge in [0.15, 0.2) is 0 Å². The number of carboxylic acids is 1. The minimum absolute atomic E-state index is 0.0159. The Bertz CT molecular complexity index is 1390. The molecular formula is C35H44N4O8. The number of amides is 2. The van der Waals surface area contributed by atoms with Crippen molar-refractivity contribution in [1.29, 1.82) is 0 Å². The molecule has 1 unspecified atom stereocenters. The van der Waals surface area contributed by atoms with E-state index in [1.807, 2.05) is 43.4 Å². The molecule has 1 fully saturated rings. The van der Waals surface area contributed by atoms with Crippen molar-refractivity contribution in [1.82, 2.24) is 20.4 Å². The molecule has 2 amide bonds. The van der Waals surface area contributed by atoms with E-state index in [1.54, 1.807) is 0 Å². The van der Waals surface area contributed by atoms with Crippen molar-refractivity contribution in [3.8, 4) is 11.1 Å². The number of likely N-dealkylation sites (tertiary alicyclic amines) is 1. The van der Waals surface area contributed by atoms with Crippen LogP contribution in [-0.2, 0) is 23.8 Å². The van der Waals surface area contributed by atoms with Gasteiger partial charge in [-0.15, -0.1) is 0 Å². The van der Waals surface area contributed by atoms with E-state index in [9.17, 15) is 24.3 Å². The molecule has 2 aliphatic rings. The number of likely N-dealkylation sites (N-methyl/N-ethyl adjacent to an activating group) is 1. The van der Waals surface area contributed by atoms with Crippen LogP contribution in [0.2, 0.25) is 0 Å². The van der Waals surface area contributed by atoms with Crippen LogP contribution < -0.4 is 10.6 Å². The molecule has 3 N–H and O–H groups in total. The topological polar surface area (TPSA) is 147 Å². The maximum absolute atomic E-state index is 12.7. The van der Waals surface area contributed by atoms with E-state index in [1.165, 1.54) is 12.2 Å². The quantitative estimate of drug-likeness (QED) is 0.132. The Balaban J connectivity index is 1.22. The molecule has 2 aromatic rings. The van der Waals surface area contributed by atoms with Crippen molar-refractivity contribution in [2.45, 2.75) is 43.3 Å². The third kappa shape index (κ3) is 9.66. The van der Waals surface area contributed by atoms with Gasteiger partial charge >= 0.3 is 24.1 Å². The smallest absolute Gasteiger partial charge is 0.408 e. The maximum atomic E-state index is 12.7. The number of rotatable bonds is 17. The second-order valence-electron chi connectivity index (χ2n) is 11.7. The summed E-state index contributed by atoms with van der Waals surface area (Å²) in [5.74, 6) is -1.82. The minimum Gasteiger partial charge on any atom is -0.480 e. The lowest BCUT2D eigenvalue weighted by atomic mass is 9.98. The number of fused-ring (bicyclic) bond motifs is 3. The molecule has 12 nitrogen and oxygen atoms in total. The van der Waals surface area contributed by atoms with Gasteiger partial charge in [0.1, 0.15) is 31.9 Å². The van der Waals surface area contributed by atoms with Gasteiger partial charge in [-0.1, -0.05) is 73.8 Å². The van der Waals surface area contributed by atoms with E-state index in [-0.39, 0.29) is 38.2 Å². The molecule has 0 bridgehead atoms. The van der Waals surface area contributed by atoms with Gasteiger partial charge in [-0.05, 0) is 55.1 Å². The van der Waals surface area contributed by atoms with Crippen LogP contribution >= 0.6 is 0 Å². The van der Waals surface area contributed by atoms with Gasteiger partial charge < -0.3 is 39.8 Å². The number of hydrogen-bond acceptors (Lipinski definition) is 9. The zero-order valence-electron chi connectivity index (χ0n) is 26.8. The van der Waals surface area contributed by atoms with Crippen LogP contribution in [0, 0.1) is 0 Å². The van der Waals surface area contributed by atoms with Crippen LogP contribution in [0.3, 0.4) is 0 Å². The highest BCUT2D eigenvalue weighted by molar-refractivity contribution is 5.82. The van der Waals surface area contributed by atoms with Crippen LogP contribution in [-0.4, -0.2) is 110 Å². The summed E-state index contributed by atoms with van der Waals surface area (Å²) in [6.07, 6.45) is 2.74. The number of carbonyl (C=O) groups is 4. The number of benzene rings is 2. The van der Waals surface area contributed by atoms with Crippen molar-refractivity contribution in [3.63, 3.8) is 0 Å². The molecule has 0 aromatic heterocycles. The van der Waals surface area contributed by atoms with E-state index >= 15 is 0 Å². The van der Waals surface area contributed by atoms with Crippen molar-refractivity contribution >= 4 is 24.1 Å². The lowest BCUT2D eigenvalue weighted by molar-refractivity contribution is -0.145. The highest BCUT2D eigenvalue weighted by atomic mass is 16.6. The Morgan fingerprint density at radius 3 is 2.15 bits per heavy atom. The van der Waals surface area contributed by atoms with Crippen molar-refractivity contribution in [3.05, 3.63) is 85.0 Å². The Morgan fingerprint density at radius 2 is 1.51 bits per heavy atom. The molecule has 3 atom stereocenters. The number of hydrogen-bond donors (Lipinski definition) is 3. The molecule has 252 valence electrons. The predicted molar refractivity (Wildman–Crippen MR) is 176 cm³/mol. The summed E-state index contributed by atoms with van der Waals surface area (Å²) in [6.45, 7) is 9.60.